The van der Waals surface area contributed by atoms with Crippen LogP contribution in [0.5, 0.6) is 0 Å². The molecule has 1 N–H and O–H groups in total. The Bertz CT molecular complexity index is 982. The Kier molecular flexibility index (Phi) is 6.51. The van der Waals surface area contributed by atoms with E-state index in [9.17, 15) is 16.8 Å². The highest BCUT2D eigenvalue weighted by Crippen LogP contribution is 2.26. The summed E-state index contributed by atoms with van der Waals surface area (Å²) >= 11 is 5.87. The van der Waals surface area contributed by atoms with Crippen LogP contribution in [0.1, 0.15) is 24.5 Å². The number of halogens is 1. The number of furan rings is 1. The number of sulfone groups is 1. The van der Waals surface area contributed by atoms with Gasteiger partial charge >= 0.3 is 0 Å². The quantitative estimate of drug-likeness (QED) is 0.702. The summed E-state index contributed by atoms with van der Waals surface area (Å²) in [6.45, 7) is 1.96. The minimum atomic E-state index is -4.04. The van der Waals surface area contributed by atoms with Gasteiger partial charge < -0.3 is 9.15 Å². The molecule has 0 saturated heterocycles. The van der Waals surface area contributed by atoms with Gasteiger partial charge in [-0.3, -0.25) is 0 Å². The van der Waals surface area contributed by atoms with Crippen LogP contribution in [0.3, 0.4) is 0 Å². The monoisotopic (exact) mass is 421 g/mol. The van der Waals surface area contributed by atoms with Gasteiger partial charge in [-0.2, -0.15) is 4.72 Å². The minimum absolute atomic E-state index is 0.0430. The number of rotatable bonds is 8. The van der Waals surface area contributed by atoms with Crippen molar-refractivity contribution in [2.75, 3.05) is 20.0 Å². The molecule has 10 heteroatoms. The van der Waals surface area contributed by atoms with Gasteiger partial charge in [-0.05, 0) is 30.3 Å². The number of ether oxygens (including phenoxy) is 1. The fraction of sp³-hybridized carbons (Fsp3) is 0.375. The molecule has 0 aliphatic carbocycles. The SMILES string of the molecule is CCc1ccc(C(COC)NS(=O)(=O)c2ccc(Cl)c(S(C)(=O)=O)c2)o1. The van der Waals surface area contributed by atoms with E-state index in [2.05, 4.69) is 4.72 Å². The first-order chi connectivity index (χ1) is 12.1. The van der Waals surface area contributed by atoms with Crippen molar-refractivity contribution >= 4 is 31.5 Å². The normalized spacial score (nSPS) is 13.7. The zero-order chi connectivity index (χ0) is 19.5. The maximum Gasteiger partial charge on any atom is 0.241 e. The summed E-state index contributed by atoms with van der Waals surface area (Å²) in [6, 6.07) is 6.18. The van der Waals surface area contributed by atoms with Crippen molar-refractivity contribution in [2.45, 2.75) is 29.2 Å². The van der Waals surface area contributed by atoms with Crippen molar-refractivity contribution in [2.24, 2.45) is 0 Å². The molecule has 0 fully saturated rings. The zero-order valence-corrected chi connectivity index (χ0v) is 16.9. The number of aryl methyl sites for hydroxylation is 1. The standard InChI is InChI=1S/C16H20ClNO6S2/c1-4-11-5-8-15(24-11)14(10-23-2)18-26(21,22)12-6-7-13(17)16(9-12)25(3,19)20/h5-9,14,18H,4,10H2,1-3H3. The lowest BCUT2D eigenvalue weighted by Gasteiger charge is -2.16. The van der Waals surface area contributed by atoms with Crippen molar-refractivity contribution in [1.82, 2.24) is 4.72 Å². The molecule has 144 valence electrons. The highest BCUT2D eigenvalue weighted by atomic mass is 35.5. The molecule has 26 heavy (non-hydrogen) atoms. The molecule has 0 saturated carbocycles. The van der Waals surface area contributed by atoms with Crippen LogP contribution in [-0.4, -0.2) is 36.8 Å². The fourth-order valence-electron chi connectivity index (χ4n) is 2.30. The van der Waals surface area contributed by atoms with Gasteiger partial charge in [0.15, 0.2) is 9.84 Å². The third-order valence-electron chi connectivity index (χ3n) is 3.62. The van der Waals surface area contributed by atoms with Crippen LogP contribution in [0.15, 0.2) is 44.5 Å². The molecule has 0 amide bonds. The van der Waals surface area contributed by atoms with E-state index in [1.54, 1.807) is 12.1 Å². The molecule has 0 spiro atoms. The number of benzene rings is 1. The number of hydrogen-bond acceptors (Lipinski definition) is 6. The summed E-state index contributed by atoms with van der Waals surface area (Å²) in [5, 5.41) is -0.0430. The smallest absolute Gasteiger partial charge is 0.241 e. The van der Waals surface area contributed by atoms with Gasteiger partial charge in [-0.15, -0.1) is 0 Å². The van der Waals surface area contributed by atoms with E-state index in [1.807, 2.05) is 6.92 Å². The van der Waals surface area contributed by atoms with Crippen LogP contribution < -0.4 is 4.72 Å². The van der Waals surface area contributed by atoms with Gasteiger partial charge in [0, 0.05) is 19.8 Å². The third-order valence-corrected chi connectivity index (χ3v) is 6.67. The molecule has 0 bridgehead atoms. The number of methoxy groups -OCH3 is 1. The molecule has 2 rings (SSSR count). The van der Waals surface area contributed by atoms with Crippen LogP contribution >= 0.6 is 11.6 Å². The van der Waals surface area contributed by atoms with E-state index in [4.69, 9.17) is 20.8 Å². The van der Waals surface area contributed by atoms with Gasteiger partial charge in [0.05, 0.1) is 21.4 Å². The second-order valence-electron chi connectivity index (χ2n) is 5.65. The van der Waals surface area contributed by atoms with Crippen molar-refractivity contribution in [3.8, 4) is 0 Å². The molecule has 1 atom stereocenters. The summed E-state index contributed by atoms with van der Waals surface area (Å²) < 4.78 is 62.1. The molecule has 1 aromatic carbocycles. The van der Waals surface area contributed by atoms with E-state index >= 15 is 0 Å². The second-order valence-corrected chi connectivity index (χ2v) is 9.76. The van der Waals surface area contributed by atoms with E-state index in [-0.39, 0.29) is 21.4 Å². The van der Waals surface area contributed by atoms with Crippen molar-refractivity contribution in [3.05, 3.63) is 46.9 Å². The van der Waals surface area contributed by atoms with Crippen LogP contribution in [0, 0.1) is 0 Å². The first kappa shape index (κ1) is 20.9. The number of sulfonamides is 1. The molecule has 1 heterocycles. The van der Waals surface area contributed by atoms with Crippen molar-refractivity contribution < 1.29 is 26.0 Å². The summed E-state index contributed by atoms with van der Waals surface area (Å²) in [5.41, 5.74) is 0. The van der Waals surface area contributed by atoms with Gasteiger partial charge in [0.2, 0.25) is 10.0 Å². The Labute approximate surface area is 158 Å². The molecule has 1 unspecified atom stereocenters. The Hall–Kier alpha value is -1.39. The highest BCUT2D eigenvalue weighted by Gasteiger charge is 2.25. The fourth-order valence-corrected chi connectivity index (χ4v) is 4.89. The summed E-state index contributed by atoms with van der Waals surface area (Å²) in [6.07, 6.45) is 1.63. The Balaban J connectivity index is 2.39. The molecular weight excluding hydrogens is 402 g/mol. The molecular formula is C16H20ClNO6S2. The van der Waals surface area contributed by atoms with Crippen molar-refractivity contribution in [3.63, 3.8) is 0 Å². The summed E-state index contributed by atoms with van der Waals surface area (Å²) in [4.78, 5) is -0.470. The summed E-state index contributed by atoms with van der Waals surface area (Å²) in [5.74, 6) is 1.12. The lowest BCUT2D eigenvalue weighted by molar-refractivity contribution is 0.166. The van der Waals surface area contributed by atoms with Crippen molar-refractivity contribution in [1.29, 1.82) is 0 Å². The van der Waals surface area contributed by atoms with Crippen LogP contribution in [0.4, 0.5) is 0 Å². The average molecular weight is 422 g/mol. The third kappa shape index (κ3) is 4.86. The summed E-state index contributed by atoms with van der Waals surface area (Å²) in [7, 11) is -6.27. The zero-order valence-electron chi connectivity index (χ0n) is 14.5. The van der Waals surface area contributed by atoms with Gasteiger partial charge in [0.1, 0.15) is 17.6 Å². The second kappa shape index (κ2) is 8.10. The molecule has 0 radical (unpaired) electrons. The Morgan fingerprint density at radius 1 is 1.19 bits per heavy atom. The average Bonchev–Trinajstić information content (AvgIpc) is 3.02. The maximum absolute atomic E-state index is 12.7. The lowest BCUT2D eigenvalue weighted by atomic mass is 10.2. The highest BCUT2D eigenvalue weighted by molar-refractivity contribution is 7.91. The minimum Gasteiger partial charge on any atom is -0.464 e. The molecule has 7 nitrogen and oxygen atoms in total. The molecule has 0 aliphatic heterocycles. The first-order valence-corrected chi connectivity index (χ1v) is 11.4. The van der Waals surface area contributed by atoms with E-state index in [0.29, 0.717) is 17.9 Å². The topological polar surface area (TPSA) is 103 Å². The predicted octanol–water partition coefficient (Wildman–Crippen LogP) is 2.56. The Morgan fingerprint density at radius 2 is 1.88 bits per heavy atom. The van der Waals surface area contributed by atoms with E-state index in [0.717, 1.165) is 12.3 Å². The predicted molar refractivity (Wildman–Crippen MR) is 97.6 cm³/mol. The van der Waals surface area contributed by atoms with Gasteiger partial charge in [-0.1, -0.05) is 18.5 Å². The Morgan fingerprint density at radius 3 is 2.42 bits per heavy atom. The largest absolute Gasteiger partial charge is 0.464 e. The van der Waals surface area contributed by atoms with Crippen LogP contribution in [-0.2, 0) is 31.0 Å². The van der Waals surface area contributed by atoms with Gasteiger partial charge in [0.25, 0.3) is 0 Å². The number of nitrogens with one attached hydrogen (secondary N) is 1. The van der Waals surface area contributed by atoms with Crippen LogP contribution in [0.25, 0.3) is 0 Å². The molecule has 2 aromatic rings. The molecule has 0 aliphatic rings. The molecule has 1 aromatic heterocycles. The maximum atomic E-state index is 12.7. The first-order valence-electron chi connectivity index (χ1n) is 7.68. The van der Waals surface area contributed by atoms with E-state index in [1.165, 1.54) is 19.2 Å². The number of hydrogen-bond donors (Lipinski definition) is 1. The van der Waals surface area contributed by atoms with E-state index < -0.39 is 25.9 Å². The van der Waals surface area contributed by atoms with Gasteiger partial charge in [-0.25, -0.2) is 16.8 Å². The van der Waals surface area contributed by atoms with Crippen LogP contribution in [0.2, 0.25) is 5.02 Å². The lowest BCUT2D eigenvalue weighted by Crippen LogP contribution is -2.31.